The van der Waals surface area contributed by atoms with Crippen LogP contribution in [0.3, 0.4) is 0 Å². The first-order valence-electron chi connectivity index (χ1n) is 10.8. The fourth-order valence-electron chi connectivity index (χ4n) is 3.81. The minimum absolute atomic E-state index is 0.168. The number of allylic oxidation sites excluding steroid dienone is 1. The molecule has 0 radical (unpaired) electrons. The van der Waals surface area contributed by atoms with Crippen molar-refractivity contribution in [2.45, 2.75) is 42.7 Å². The molecule has 0 N–H and O–H groups in total. The van der Waals surface area contributed by atoms with Gasteiger partial charge in [0.05, 0.1) is 27.9 Å². The van der Waals surface area contributed by atoms with Gasteiger partial charge >= 0.3 is 5.97 Å². The van der Waals surface area contributed by atoms with Crippen LogP contribution in [0.2, 0.25) is 0 Å². The Morgan fingerprint density at radius 1 is 1.06 bits per heavy atom. The number of hydrogen-bond donors (Lipinski definition) is 0. The van der Waals surface area contributed by atoms with E-state index in [1.54, 1.807) is 35.0 Å². The van der Waals surface area contributed by atoms with Crippen LogP contribution in [0.5, 0.6) is 0 Å². The molecule has 1 aliphatic rings. The van der Waals surface area contributed by atoms with E-state index in [-0.39, 0.29) is 11.7 Å². The zero-order chi connectivity index (χ0) is 24.4. The van der Waals surface area contributed by atoms with Crippen LogP contribution in [0.4, 0.5) is 0 Å². The Morgan fingerprint density at radius 3 is 2.21 bits per heavy atom. The smallest absolute Gasteiger partial charge is 0.338 e. The van der Waals surface area contributed by atoms with Crippen molar-refractivity contribution in [2.75, 3.05) is 12.5 Å². The molecule has 8 heteroatoms. The molecule has 3 aromatic rings. The molecule has 2 aromatic carbocycles. The van der Waals surface area contributed by atoms with E-state index in [1.807, 2.05) is 81.0 Å². The third kappa shape index (κ3) is 4.94. The quantitative estimate of drug-likeness (QED) is 0.357. The molecule has 5 nitrogen and oxygen atoms in total. The molecule has 0 spiro atoms. The summed E-state index contributed by atoms with van der Waals surface area (Å²) in [6.07, 6.45) is 5.65. The summed E-state index contributed by atoms with van der Waals surface area (Å²) in [5.74, 6) is -0.447. The Hall–Kier alpha value is -2.55. The van der Waals surface area contributed by atoms with Crippen LogP contribution in [0.1, 0.15) is 37.9 Å². The first-order chi connectivity index (χ1) is 16.3. The van der Waals surface area contributed by atoms with Gasteiger partial charge in [0.2, 0.25) is 0 Å². The predicted molar refractivity (Wildman–Crippen MR) is 141 cm³/mol. The Balaban J connectivity index is 1.90. The highest BCUT2D eigenvalue weighted by atomic mass is 32.2. The Bertz CT molecular complexity index is 1420. The van der Waals surface area contributed by atoms with E-state index in [0.29, 0.717) is 20.6 Å². The second kappa shape index (κ2) is 10.4. The molecule has 1 aliphatic heterocycles. The molecule has 0 amide bonds. The topological polar surface area (TPSA) is 60.7 Å². The molecule has 1 atom stereocenters. The first-order valence-corrected chi connectivity index (χ1v) is 14.1. The van der Waals surface area contributed by atoms with Crippen molar-refractivity contribution in [1.29, 1.82) is 0 Å². The zero-order valence-corrected chi connectivity index (χ0v) is 22.1. The van der Waals surface area contributed by atoms with Crippen LogP contribution in [0, 0.1) is 0 Å². The summed E-state index contributed by atoms with van der Waals surface area (Å²) in [5.41, 5.74) is 2.59. The van der Waals surface area contributed by atoms with Gasteiger partial charge in [-0.2, -0.15) is 0 Å². The molecule has 4 rings (SSSR count). The summed E-state index contributed by atoms with van der Waals surface area (Å²) < 4.78 is 7.76. The Morgan fingerprint density at radius 2 is 1.65 bits per heavy atom. The number of nitrogens with zero attached hydrogens (tertiary/aromatic N) is 2. The highest BCUT2D eigenvalue weighted by Crippen LogP contribution is 2.32. The van der Waals surface area contributed by atoms with Gasteiger partial charge in [-0.15, -0.1) is 23.5 Å². The summed E-state index contributed by atoms with van der Waals surface area (Å²) in [7, 11) is 0. The number of fused-ring (bicyclic) bond motifs is 1. The van der Waals surface area contributed by atoms with E-state index in [9.17, 15) is 9.59 Å². The van der Waals surface area contributed by atoms with Crippen molar-refractivity contribution in [2.24, 2.45) is 4.99 Å². The van der Waals surface area contributed by atoms with Gasteiger partial charge in [-0.3, -0.25) is 9.36 Å². The number of hydrogen-bond acceptors (Lipinski definition) is 7. The monoisotopic (exact) mass is 510 g/mol. The van der Waals surface area contributed by atoms with Crippen molar-refractivity contribution in [1.82, 2.24) is 4.57 Å². The van der Waals surface area contributed by atoms with Crippen LogP contribution in [0.25, 0.3) is 6.08 Å². The number of thiazole rings is 1. The van der Waals surface area contributed by atoms with Gasteiger partial charge in [-0.25, -0.2) is 9.79 Å². The van der Waals surface area contributed by atoms with Crippen LogP contribution in [-0.2, 0) is 9.53 Å². The van der Waals surface area contributed by atoms with Crippen molar-refractivity contribution >= 4 is 46.9 Å². The number of carbonyl (C=O) groups is 1. The van der Waals surface area contributed by atoms with E-state index >= 15 is 0 Å². The average Bonchev–Trinajstić information content (AvgIpc) is 3.12. The summed E-state index contributed by atoms with van der Waals surface area (Å²) in [6, 6.07) is 15.4. The Labute approximate surface area is 211 Å². The van der Waals surface area contributed by atoms with Gasteiger partial charge < -0.3 is 4.74 Å². The summed E-state index contributed by atoms with van der Waals surface area (Å²) in [5, 5.41) is 0. The maximum Gasteiger partial charge on any atom is 0.338 e. The number of ether oxygens (including phenoxy) is 1. The number of rotatable bonds is 6. The lowest BCUT2D eigenvalue weighted by Crippen LogP contribution is -2.40. The predicted octanol–water partition coefficient (Wildman–Crippen LogP) is 4.63. The molecular formula is C26H26N2O3S3. The van der Waals surface area contributed by atoms with Gasteiger partial charge in [0.25, 0.3) is 5.56 Å². The molecule has 0 unspecified atom stereocenters. The second-order valence-electron chi connectivity index (χ2n) is 8.08. The van der Waals surface area contributed by atoms with Crippen molar-refractivity contribution in [3.8, 4) is 0 Å². The number of thioether (sulfide) groups is 2. The molecular weight excluding hydrogens is 484 g/mol. The fraction of sp³-hybridized carbons (Fsp3) is 0.269. The molecule has 0 saturated carbocycles. The standard InChI is InChI=1S/C26H26N2O3S3/c1-15(2)31-25(30)22-16(3)27-26-28(23(22)18-8-12-20(33-5)13-9-18)24(29)21(34-26)14-17-6-10-19(32-4)11-7-17/h6-15,23H,1-5H3/b21-14-/t23-/m0/s1. The molecule has 2 heterocycles. The summed E-state index contributed by atoms with van der Waals surface area (Å²) in [4.78, 5) is 34.3. The molecule has 0 bridgehead atoms. The molecule has 0 saturated heterocycles. The van der Waals surface area contributed by atoms with Gasteiger partial charge in [0, 0.05) is 9.79 Å². The van der Waals surface area contributed by atoms with Crippen molar-refractivity contribution < 1.29 is 9.53 Å². The van der Waals surface area contributed by atoms with E-state index in [2.05, 4.69) is 4.99 Å². The van der Waals surface area contributed by atoms with Crippen LogP contribution >= 0.6 is 34.9 Å². The summed E-state index contributed by atoms with van der Waals surface area (Å²) in [6.45, 7) is 5.43. The van der Waals surface area contributed by atoms with Gasteiger partial charge in [-0.05, 0) is 74.8 Å². The van der Waals surface area contributed by atoms with Gasteiger partial charge in [-0.1, -0.05) is 35.6 Å². The Kier molecular flexibility index (Phi) is 7.50. The number of aromatic nitrogens is 1. The molecule has 34 heavy (non-hydrogen) atoms. The van der Waals surface area contributed by atoms with Crippen molar-refractivity contribution in [3.05, 3.63) is 90.6 Å². The highest BCUT2D eigenvalue weighted by Gasteiger charge is 2.33. The van der Waals surface area contributed by atoms with E-state index in [1.165, 1.54) is 11.3 Å². The lowest BCUT2D eigenvalue weighted by Gasteiger charge is -2.25. The van der Waals surface area contributed by atoms with Gasteiger partial charge in [0.15, 0.2) is 4.80 Å². The average molecular weight is 511 g/mol. The first kappa shape index (κ1) is 24.6. The lowest BCUT2D eigenvalue weighted by molar-refractivity contribution is -0.143. The lowest BCUT2D eigenvalue weighted by atomic mass is 9.96. The zero-order valence-electron chi connectivity index (χ0n) is 19.7. The molecule has 176 valence electrons. The number of benzene rings is 2. The van der Waals surface area contributed by atoms with E-state index in [0.717, 1.165) is 20.9 Å². The minimum Gasteiger partial charge on any atom is -0.459 e. The van der Waals surface area contributed by atoms with Crippen LogP contribution < -0.4 is 14.9 Å². The third-order valence-electron chi connectivity index (χ3n) is 5.43. The van der Waals surface area contributed by atoms with Crippen molar-refractivity contribution in [3.63, 3.8) is 0 Å². The molecule has 1 aromatic heterocycles. The normalized spacial score (nSPS) is 15.9. The molecule has 0 fully saturated rings. The largest absolute Gasteiger partial charge is 0.459 e. The minimum atomic E-state index is -0.598. The third-order valence-corrected chi connectivity index (χ3v) is 7.90. The SMILES string of the molecule is CSc1ccc(/C=c2\sc3n(c2=O)[C@@H](c2ccc(SC)cc2)C(C(=O)OC(C)C)=C(C)N=3)cc1. The highest BCUT2D eigenvalue weighted by molar-refractivity contribution is 7.98. The maximum absolute atomic E-state index is 13.6. The summed E-state index contributed by atoms with van der Waals surface area (Å²) >= 11 is 4.65. The molecule has 0 aliphatic carbocycles. The number of carbonyl (C=O) groups excluding carboxylic acids is 1. The van der Waals surface area contributed by atoms with Crippen LogP contribution in [-0.4, -0.2) is 29.2 Å². The maximum atomic E-state index is 13.6. The van der Waals surface area contributed by atoms with Crippen LogP contribution in [0.15, 0.2) is 79.4 Å². The van der Waals surface area contributed by atoms with E-state index < -0.39 is 12.0 Å². The van der Waals surface area contributed by atoms with Gasteiger partial charge in [0.1, 0.15) is 0 Å². The number of esters is 1. The van der Waals surface area contributed by atoms with E-state index in [4.69, 9.17) is 4.74 Å². The second-order valence-corrected chi connectivity index (χ2v) is 10.9. The fourth-order valence-corrected chi connectivity index (χ4v) is 5.68.